The number of hydrogen-bond acceptors (Lipinski definition) is 4. The van der Waals surface area contributed by atoms with Crippen molar-refractivity contribution in [1.82, 2.24) is 10.6 Å². The minimum atomic E-state index is -0.855. The summed E-state index contributed by atoms with van der Waals surface area (Å²) >= 11 is 0. The quantitative estimate of drug-likeness (QED) is 0.406. The van der Waals surface area contributed by atoms with Gasteiger partial charge in [0.25, 0.3) is 0 Å². The minimum absolute atomic E-state index is 0.0378. The smallest absolute Gasteiger partial charge is 0.310 e. The molecule has 0 aliphatic carbocycles. The van der Waals surface area contributed by atoms with Crippen LogP contribution in [0.2, 0.25) is 0 Å². The maximum atomic E-state index is 13.2. The molecule has 31 heavy (non-hydrogen) atoms. The average Bonchev–Trinajstić information content (AvgIpc) is 2.48. The van der Waals surface area contributed by atoms with Gasteiger partial charge >= 0.3 is 11.9 Å². The lowest BCUT2D eigenvalue weighted by atomic mass is 9.52. The highest BCUT2D eigenvalue weighted by Crippen LogP contribution is 2.55. The van der Waals surface area contributed by atoms with Gasteiger partial charge in [0.2, 0.25) is 0 Å². The third-order valence-electron chi connectivity index (χ3n) is 7.47. The fourth-order valence-corrected chi connectivity index (χ4v) is 7.26. The summed E-state index contributed by atoms with van der Waals surface area (Å²) in [5.74, 6) is -1.43. The molecule has 2 saturated heterocycles. The summed E-state index contributed by atoms with van der Waals surface area (Å²) in [7, 11) is 0. The van der Waals surface area contributed by atoms with Crippen LogP contribution in [0.4, 0.5) is 0 Å². The van der Waals surface area contributed by atoms with Gasteiger partial charge in [0.1, 0.15) is 0 Å². The van der Waals surface area contributed by atoms with Crippen LogP contribution in [0.25, 0.3) is 0 Å². The van der Waals surface area contributed by atoms with Crippen molar-refractivity contribution in [1.29, 1.82) is 0 Å². The molecule has 6 heteroatoms. The Morgan fingerprint density at radius 1 is 0.742 bits per heavy atom. The largest absolute Gasteiger partial charge is 0.481 e. The van der Waals surface area contributed by atoms with E-state index in [9.17, 15) is 14.7 Å². The summed E-state index contributed by atoms with van der Waals surface area (Å²) in [5.41, 5.74) is -1.44. The van der Waals surface area contributed by atoms with Gasteiger partial charge in [0.05, 0.1) is 5.41 Å². The third-order valence-corrected chi connectivity index (χ3v) is 7.47. The van der Waals surface area contributed by atoms with E-state index >= 15 is 0 Å². The Balaban J connectivity index is 2.51. The SMILES string of the molecule is CC1(C)CC(C(CCCCC(=O)O)(C(=O)O)C2CC(C)(C)NC(C)(C)C2)CC(C)(C)N1. The molecule has 0 saturated carbocycles. The molecule has 180 valence electrons. The molecule has 0 spiro atoms. The monoisotopic (exact) mass is 438 g/mol. The van der Waals surface area contributed by atoms with Gasteiger partial charge < -0.3 is 20.8 Å². The molecule has 2 rings (SSSR count). The third kappa shape index (κ3) is 6.44. The maximum absolute atomic E-state index is 13.2. The van der Waals surface area contributed by atoms with Crippen LogP contribution in [0.5, 0.6) is 0 Å². The van der Waals surface area contributed by atoms with E-state index < -0.39 is 17.4 Å². The lowest BCUT2D eigenvalue weighted by Crippen LogP contribution is -2.65. The molecule has 0 bridgehead atoms. The molecule has 0 aromatic heterocycles. The van der Waals surface area contributed by atoms with E-state index in [-0.39, 0.29) is 40.4 Å². The molecule has 6 nitrogen and oxygen atoms in total. The summed E-state index contributed by atoms with van der Waals surface area (Å²) in [4.78, 5) is 24.3. The van der Waals surface area contributed by atoms with E-state index in [4.69, 9.17) is 5.11 Å². The summed E-state index contributed by atoms with van der Waals surface area (Å²) in [6, 6.07) is 0. The van der Waals surface area contributed by atoms with Crippen molar-refractivity contribution in [2.75, 3.05) is 0 Å². The number of hydrogen-bond donors (Lipinski definition) is 4. The van der Waals surface area contributed by atoms with Gasteiger partial charge in [0.15, 0.2) is 0 Å². The number of carboxylic acid groups (broad SMARTS) is 2. The van der Waals surface area contributed by atoms with Crippen LogP contribution in [-0.4, -0.2) is 44.3 Å². The van der Waals surface area contributed by atoms with Crippen molar-refractivity contribution in [3.63, 3.8) is 0 Å². The lowest BCUT2D eigenvalue weighted by Gasteiger charge is -2.57. The number of carboxylic acids is 2. The van der Waals surface area contributed by atoms with E-state index in [0.29, 0.717) is 19.3 Å². The molecular weight excluding hydrogens is 392 g/mol. The van der Waals surface area contributed by atoms with E-state index in [1.807, 2.05) is 0 Å². The Morgan fingerprint density at radius 3 is 1.39 bits per heavy atom. The zero-order chi connectivity index (χ0) is 23.9. The summed E-state index contributed by atoms with van der Waals surface area (Å²) in [6.07, 6.45) is 5.05. The van der Waals surface area contributed by atoms with Gasteiger partial charge in [-0.1, -0.05) is 6.42 Å². The molecule has 4 N–H and O–H groups in total. The normalized spacial score (nSPS) is 25.8. The van der Waals surface area contributed by atoms with Crippen molar-refractivity contribution in [2.24, 2.45) is 17.3 Å². The van der Waals surface area contributed by atoms with Crippen molar-refractivity contribution >= 4 is 11.9 Å². The van der Waals surface area contributed by atoms with Gasteiger partial charge in [-0.05, 0) is 106 Å². The van der Waals surface area contributed by atoms with Gasteiger partial charge in [-0.25, -0.2) is 0 Å². The highest BCUT2D eigenvalue weighted by molar-refractivity contribution is 5.76. The molecule has 0 aromatic carbocycles. The highest BCUT2D eigenvalue weighted by atomic mass is 16.4. The molecule has 0 aromatic rings. The van der Waals surface area contributed by atoms with Crippen molar-refractivity contribution < 1.29 is 19.8 Å². The predicted octanol–water partition coefficient (Wildman–Crippen LogP) is 4.82. The minimum Gasteiger partial charge on any atom is -0.481 e. The summed E-state index contributed by atoms with van der Waals surface area (Å²) in [5, 5.41) is 27.4. The molecule has 2 aliphatic rings. The summed E-state index contributed by atoms with van der Waals surface area (Å²) < 4.78 is 0. The number of aliphatic carboxylic acids is 2. The first-order valence-electron chi connectivity index (χ1n) is 11.9. The van der Waals surface area contributed by atoms with Crippen LogP contribution >= 0.6 is 0 Å². The average molecular weight is 439 g/mol. The van der Waals surface area contributed by atoms with E-state index in [0.717, 1.165) is 25.7 Å². The van der Waals surface area contributed by atoms with Gasteiger partial charge in [0, 0.05) is 28.6 Å². The number of carbonyl (C=O) groups is 2. The van der Waals surface area contributed by atoms with Gasteiger partial charge in [-0.15, -0.1) is 0 Å². The van der Waals surface area contributed by atoms with E-state index in [1.165, 1.54) is 0 Å². The predicted molar refractivity (Wildman–Crippen MR) is 124 cm³/mol. The second-order valence-electron chi connectivity index (χ2n) is 12.9. The lowest BCUT2D eigenvalue weighted by molar-refractivity contribution is -0.166. The fourth-order valence-electron chi connectivity index (χ4n) is 7.26. The Morgan fingerprint density at radius 2 is 1.10 bits per heavy atom. The first kappa shape index (κ1) is 26.1. The second kappa shape index (κ2) is 8.66. The van der Waals surface area contributed by atoms with Gasteiger partial charge in [-0.3, -0.25) is 9.59 Å². The Labute approximate surface area is 188 Å². The molecule has 2 aliphatic heterocycles. The zero-order valence-electron chi connectivity index (χ0n) is 21.0. The Bertz CT molecular complexity index is 611. The Hall–Kier alpha value is -1.14. The standard InChI is InChI=1S/C25H46N2O4/c1-21(2)13-17(14-22(3,4)26-21)25(20(30)31,12-10-9-11-19(28)29)18-15-23(5,6)27-24(7,8)16-18/h17-18,26-27H,9-16H2,1-8H3,(H,28,29)(H,30,31). The van der Waals surface area contributed by atoms with Crippen LogP contribution in [0, 0.1) is 17.3 Å². The first-order chi connectivity index (χ1) is 13.9. The molecule has 0 amide bonds. The van der Waals surface area contributed by atoms with Crippen LogP contribution in [0.15, 0.2) is 0 Å². The highest BCUT2D eigenvalue weighted by Gasteiger charge is 2.58. The van der Waals surface area contributed by atoms with Gasteiger partial charge in [-0.2, -0.15) is 0 Å². The Kier molecular flexibility index (Phi) is 7.30. The second-order valence-corrected chi connectivity index (χ2v) is 12.9. The molecule has 2 fully saturated rings. The van der Waals surface area contributed by atoms with Crippen molar-refractivity contribution in [3.05, 3.63) is 0 Å². The molecule has 0 unspecified atom stereocenters. The summed E-state index contributed by atoms with van der Waals surface area (Å²) in [6.45, 7) is 17.4. The van der Waals surface area contributed by atoms with Crippen molar-refractivity contribution in [2.45, 2.75) is 129 Å². The number of unbranched alkanes of at least 4 members (excludes halogenated alkanes) is 1. The van der Waals surface area contributed by atoms with Crippen molar-refractivity contribution in [3.8, 4) is 0 Å². The molecule has 0 atom stereocenters. The number of rotatable bonds is 8. The first-order valence-corrected chi connectivity index (χ1v) is 11.9. The number of piperidine rings is 2. The van der Waals surface area contributed by atoms with Crippen LogP contribution in [-0.2, 0) is 9.59 Å². The molecular formula is C25H46N2O4. The molecule has 0 radical (unpaired) electrons. The fraction of sp³-hybridized carbons (Fsp3) is 0.920. The number of nitrogens with one attached hydrogen (secondary N) is 2. The van der Waals surface area contributed by atoms with E-state index in [1.54, 1.807) is 0 Å². The maximum Gasteiger partial charge on any atom is 0.310 e. The van der Waals surface area contributed by atoms with Crippen LogP contribution in [0.3, 0.4) is 0 Å². The molecule has 2 heterocycles. The zero-order valence-corrected chi connectivity index (χ0v) is 21.0. The topological polar surface area (TPSA) is 98.7 Å². The van der Waals surface area contributed by atoms with Crippen LogP contribution in [0.1, 0.15) is 107 Å². The van der Waals surface area contributed by atoms with Crippen LogP contribution < -0.4 is 10.6 Å². The van der Waals surface area contributed by atoms with E-state index in [2.05, 4.69) is 66.0 Å².